The van der Waals surface area contributed by atoms with Crippen LogP contribution in [0.15, 0.2) is 24.3 Å². The molecule has 2 N–H and O–H groups in total. The van der Waals surface area contributed by atoms with E-state index in [-0.39, 0.29) is 12.5 Å². The summed E-state index contributed by atoms with van der Waals surface area (Å²) in [5.74, 6) is -0.440. The molecule has 1 aromatic carbocycles. The van der Waals surface area contributed by atoms with Gasteiger partial charge in [-0.3, -0.25) is 4.79 Å². The van der Waals surface area contributed by atoms with E-state index in [9.17, 15) is 9.59 Å². The number of esters is 1. The fraction of sp³-hybridized carbons (Fsp3) is 0.429. The third-order valence-electron chi connectivity index (χ3n) is 3.61. The number of carbonyl (C=O) groups excluding carboxylic acids is 1. The number of nitrogens with one attached hydrogen (secondary N) is 1. The van der Waals surface area contributed by atoms with E-state index in [0.29, 0.717) is 0 Å². The topological polar surface area (TPSA) is 84.9 Å². The van der Waals surface area contributed by atoms with E-state index in [1.165, 1.54) is 11.1 Å². The van der Waals surface area contributed by atoms with E-state index in [1.807, 2.05) is 24.3 Å². The quantitative estimate of drug-likeness (QED) is 0.808. The van der Waals surface area contributed by atoms with Gasteiger partial charge in [0.1, 0.15) is 6.04 Å². The van der Waals surface area contributed by atoms with Crippen LogP contribution in [0.3, 0.4) is 0 Å². The lowest BCUT2D eigenvalue weighted by Gasteiger charge is -2.21. The second-order valence-electron chi connectivity index (χ2n) is 5.05. The van der Waals surface area contributed by atoms with Crippen molar-refractivity contribution >= 4 is 12.1 Å². The highest BCUT2D eigenvalue weighted by Crippen LogP contribution is 2.27. The van der Waals surface area contributed by atoms with Crippen molar-refractivity contribution in [3.05, 3.63) is 35.4 Å². The molecular formula is C14H15NO5. The predicted octanol–water partition coefficient (Wildman–Crippen LogP) is 1.08. The standard InChI is InChI=1S/C14H15NO5/c16-12-7-11(15-14(17)18)13(20-12)19-10-5-8-3-1-2-4-9(8)6-10/h1-4,10-11,13,15H,5-7H2,(H,17,18). The van der Waals surface area contributed by atoms with Gasteiger partial charge in [-0.15, -0.1) is 0 Å². The Balaban J connectivity index is 1.63. The summed E-state index contributed by atoms with van der Waals surface area (Å²) in [5.41, 5.74) is 2.45. The lowest BCUT2D eigenvalue weighted by atomic mass is 10.1. The number of benzene rings is 1. The first-order chi connectivity index (χ1) is 9.61. The molecule has 0 spiro atoms. The average molecular weight is 277 g/mol. The van der Waals surface area contributed by atoms with Crippen molar-refractivity contribution in [2.45, 2.75) is 37.7 Å². The summed E-state index contributed by atoms with van der Waals surface area (Å²) in [6, 6.07) is 7.42. The van der Waals surface area contributed by atoms with E-state index in [0.717, 1.165) is 12.8 Å². The van der Waals surface area contributed by atoms with Crippen molar-refractivity contribution in [3.8, 4) is 0 Å². The van der Waals surface area contributed by atoms with Crippen LogP contribution in [0.1, 0.15) is 17.5 Å². The van der Waals surface area contributed by atoms with Crippen molar-refractivity contribution in [3.63, 3.8) is 0 Å². The molecule has 0 bridgehead atoms. The van der Waals surface area contributed by atoms with Gasteiger partial charge in [-0.1, -0.05) is 24.3 Å². The van der Waals surface area contributed by atoms with Gasteiger partial charge in [0.2, 0.25) is 6.29 Å². The smallest absolute Gasteiger partial charge is 0.405 e. The largest absolute Gasteiger partial charge is 0.465 e. The van der Waals surface area contributed by atoms with Gasteiger partial charge >= 0.3 is 12.1 Å². The Hall–Kier alpha value is -2.08. The third-order valence-corrected chi connectivity index (χ3v) is 3.61. The molecule has 0 radical (unpaired) electrons. The highest BCUT2D eigenvalue weighted by Gasteiger charge is 2.39. The number of amides is 1. The van der Waals surface area contributed by atoms with Crippen LogP contribution in [0.25, 0.3) is 0 Å². The van der Waals surface area contributed by atoms with Crippen molar-refractivity contribution in [1.82, 2.24) is 5.32 Å². The Morgan fingerprint density at radius 1 is 1.25 bits per heavy atom. The second-order valence-corrected chi connectivity index (χ2v) is 5.05. The summed E-state index contributed by atoms with van der Waals surface area (Å²) in [5, 5.41) is 11.0. The third kappa shape index (κ3) is 2.60. The number of hydrogen-bond donors (Lipinski definition) is 2. The summed E-state index contributed by atoms with van der Waals surface area (Å²) in [7, 11) is 0. The first-order valence-electron chi connectivity index (χ1n) is 6.53. The van der Waals surface area contributed by atoms with E-state index >= 15 is 0 Å². The van der Waals surface area contributed by atoms with Crippen molar-refractivity contribution < 1.29 is 24.2 Å². The summed E-state index contributed by atoms with van der Waals surface area (Å²) in [6.45, 7) is 0. The van der Waals surface area contributed by atoms with Gasteiger partial charge in [-0.2, -0.15) is 0 Å². The van der Waals surface area contributed by atoms with E-state index < -0.39 is 24.4 Å². The van der Waals surface area contributed by atoms with Gasteiger partial charge in [0.15, 0.2) is 0 Å². The Kier molecular flexibility index (Phi) is 3.31. The molecule has 0 aromatic heterocycles. The van der Waals surface area contributed by atoms with Crippen LogP contribution in [-0.4, -0.2) is 35.6 Å². The maximum absolute atomic E-state index is 11.3. The van der Waals surface area contributed by atoms with Gasteiger partial charge in [-0.05, 0) is 24.0 Å². The van der Waals surface area contributed by atoms with E-state index in [4.69, 9.17) is 14.6 Å². The summed E-state index contributed by atoms with van der Waals surface area (Å²) in [4.78, 5) is 22.0. The molecule has 6 heteroatoms. The van der Waals surface area contributed by atoms with Crippen LogP contribution in [0.2, 0.25) is 0 Å². The maximum atomic E-state index is 11.3. The first kappa shape index (κ1) is 12.9. The molecule has 3 rings (SSSR count). The van der Waals surface area contributed by atoms with Crippen LogP contribution < -0.4 is 5.32 Å². The number of rotatable bonds is 3. The fourth-order valence-corrected chi connectivity index (χ4v) is 2.74. The highest BCUT2D eigenvalue weighted by atomic mass is 16.7. The minimum absolute atomic E-state index is 0.0106. The molecule has 106 valence electrons. The lowest BCUT2D eigenvalue weighted by Crippen LogP contribution is -2.42. The SMILES string of the molecule is O=C(O)NC1CC(=O)OC1OC1Cc2ccccc2C1. The average Bonchev–Trinajstić information content (AvgIpc) is 2.92. The van der Waals surface area contributed by atoms with Gasteiger partial charge in [0.25, 0.3) is 0 Å². The molecular weight excluding hydrogens is 262 g/mol. The van der Waals surface area contributed by atoms with Gasteiger partial charge < -0.3 is 19.9 Å². The first-order valence-corrected chi connectivity index (χ1v) is 6.53. The summed E-state index contributed by atoms with van der Waals surface area (Å²) in [6.07, 6.45) is -0.582. The van der Waals surface area contributed by atoms with Crippen molar-refractivity contribution in [2.24, 2.45) is 0 Å². The van der Waals surface area contributed by atoms with Crippen LogP contribution in [-0.2, 0) is 27.1 Å². The van der Waals surface area contributed by atoms with E-state index in [1.54, 1.807) is 0 Å². The highest BCUT2D eigenvalue weighted by molar-refractivity contribution is 5.74. The molecule has 0 saturated carbocycles. The zero-order chi connectivity index (χ0) is 14.1. The number of cyclic esters (lactones) is 1. The van der Waals surface area contributed by atoms with Crippen LogP contribution >= 0.6 is 0 Å². The second kappa shape index (κ2) is 5.13. The molecule has 1 saturated heterocycles. The van der Waals surface area contributed by atoms with Crippen LogP contribution in [0, 0.1) is 0 Å². The molecule has 1 heterocycles. The molecule has 1 aromatic rings. The van der Waals surface area contributed by atoms with Gasteiger partial charge in [-0.25, -0.2) is 4.79 Å². The van der Waals surface area contributed by atoms with Crippen LogP contribution in [0.5, 0.6) is 0 Å². The molecule has 1 fully saturated rings. The van der Waals surface area contributed by atoms with Crippen LogP contribution in [0.4, 0.5) is 4.79 Å². The molecule has 6 nitrogen and oxygen atoms in total. The Bertz CT molecular complexity index is 519. The van der Waals surface area contributed by atoms with Gasteiger partial charge in [0, 0.05) is 0 Å². The number of hydrogen-bond acceptors (Lipinski definition) is 4. The van der Waals surface area contributed by atoms with Gasteiger partial charge in [0.05, 0.1) is 12.5 Å². The zero-order valence-corrected chi connectivity index (χ0v) is 10.7. The molecule has 1 aliphatic carbocycles. The molecule has 1 aliphatic heterocycles. The summed E-state index contributed by atoms with van der Waals surface area (Å²) < 4.78 is 10.8. The molecule has 20 heavy (non-hydrogen) atoms. The Morgan fingerprint density at radius 3 is 2.50 bits per heavy atom. The maximum Gasteiger partial charge on any atom is 0.405 e. The zero-order valence-electron chi connectivity index (χ0n) is 10.7. The Labute approximate surface area is 115 Å². The monoisotopic (exact) mass is 277 g/mol. The molecule has 2 atom stereocenters. The molecule has 1 amide bonds. The minimum atomic E-state index is -1.18. The van der Waals surface area contributed by atoms with Crippen molar-refractivity contribution in [1.29, 1.82) is 0 Å². The Morgan fingerprint density at radius 2 is 1.90 bits per heavy atom. The van der Waals surface area contributed by atoms with E-state index in [2.05, 4.69) is 5.32 Å². The summed E-state index contributed by atoms with van der Waals surface area (Å²) >= 11 is 0. The minimum Gasteiger partial charge on any atom is -0.465 e. The number of carboxylic acid groups (broad SMARTS) is 1. The van der Waals surface area contributed by atoms with Crippen molar-refractivity contribution in [2.75, 3.05) is 0 Å². The fourth-order valence-electron chi connectivity index (χ4n) is 2.74. The normalized spacial score (nSPS) is 25.3. The molecule has 2 aliphatic rings. The number of fused-ring (bicyclic) bond motifs is 1. The lowest BCUT2D eigenvalue weighted by molar-refractivity contribution is -0.174. The molecule has 2 unspecified atom stereocenters. The number of ether oxygens (including phenoxy) is 2. The predicted molar refractivity (Wildman–Crippen MR) is 68.2 cm³/mol. The number of carbonyl (C=O) groups is 2.